The Morgan fingerprint density at radius 3 is 2.61 bits per heavy atom. The molecule has 3 rings (SSSR count). The monoisotopic (exact) mass is 315 g/mol. The zero-order valence-corrected chi connectivity index (χ0v) is 13.8. The van der Waals surface area contributed by atoms with Gasteiger partial charge in [0, 0.05) is 42.8 Å². The molecule has 0 aliphatic carbocycles. The van der Waals surface area contributed by atoms with Gasteiger partial charge in [-0.3, -0.25) is 4.79 Å². The van der Waals surface area contributed by atoms with E-state index in [0.29, 0.717) is 0 Å². The normalized spacial score (nSPS) is 18.3. The first-order chi connectivity index (χ1) is 11.0. The zero-order chi connectivity index (χ0) is 16.6. The molecule has 1 amide bonds. The number of nitrogens with zero attached hydrogens (tertiary/aromatic N) is 2. The van der Waals surface area contributed by atoms with E-state index in [0.717, 1.165) is 42.3 Å². The van der Waals surface area contributed by atoms with E-state index in [1.165, 1.54) is 12.1 Å². The average molecular weight is 315 g/mol. The molecule has 2 aromatic rings. The van der Waals surface area contributed by atoms with Gasteiger partial charge in [-0.1, -0.05) is 0 Å². The number of amides is 1. The largest absolute Gasteiger partial charge is 0.333 e. The number of hydrogen-bond donors (Lipinski definition) is 1. The molecule has 0 saturated carbocycles. The number of carbonyl (C=O) groups is 1. The summed E-state index contributed by atoms with van der Waals surface area (Å²) in [5.41, 5.74) is 3.46. The van der Waals surface area contributed by atoms with Crippen LogP contribution in [0.5, 0.6) is 0 Å². The SMILES string of the molecule is Cc1cc(C(=O)N2CCNCC2C)c(C)n1-c1ccc(F)cc1. The van der Waals surface area contributed by atoms with Gasteiger partial charge in [-0.2, -0.15) is 0 Å². The number of halogens is 1. The molecular weight excluding hydrogens is 293 g/mol. The maximum atomic E-state index is 13.1. The van der Waals surface area contributed by atoms with E-state index in [-0.39, 0.29) is 17.8 Å². The number of nitrogens with one attached hydrogen (secondary N) is 1. The molecule has 1 unspecified atom stereocenters. The van der Waals surface area contributed by atoms with Gasteiger partial charge in [0.25, 0.3) is 5.91 Å². The number of benzene rings is 1. The number of aryl methyl sites for hydroxylation is 1. The van der Waals surface area contributed by atoms with Crippen molar-refractivity contribution in [2.24, 2.45) is 0 Å². The Labute approximate surface area is 135 Å². The van der Waals surface area contributed by atoms with Crippen molar-refractivity contribution in [1.82, 2.24) is 14.8 Å². The lowest BCUT2D eigenvalue weighted by molar-refractivity contribution is 0.0655. The lowest BCUT2D eigenvalue weighted by Gasteiger charge is -2.34. The Balaban J connectivity index is 1.97. The second-order valence-corrected chi connectivity index (χ2v) is 6.15. The van der Waals surface area contributed by atoms with E-state index >= 15 is 0 Å². The van der Waals surface area contributed by atoms with Crippen molar-refractivity contribution < 1.29 is 9.18 Å². The zero-order valence-electron chi connectivity index (χ0n) is 13.8. The maximum Gasteiger partial charge on any atom is 0.256 e. The number of rotatable bonds is 2. The molecule has 1 aliphatic rings. The summed E-state index contributed by atoms with van der Waals surface area (Å²) in [6.45, 7) is 8.34. The van der Waals surface area contributed by atoms with E-state index in [1.807, 2.05) is 29.4 Å². The van der Waals surface area contributed by atoms with Crippen LogP contribution in [0.4, 0.5) is 4.39 Å². The summed E-state index contributed by atoms with van der Waals surface area (Å²) in [4.78, 5) is 14.8. The highest BCUT2D eigenvalue weighted by molar-refractivity contribution is 5.96. The summed E-state index contributed by atoms with van der Waals surface area (Å²) in [7, 11) is 0. The van der Waals surface area contributed by atoms with Crippen LogP contribution in [0.1, 0.15) is 28.7 Å². The van der Waals surface area contributed by atoms with Crippen LogP contribution in [0.2, 0.25) is 0 Å². The Morgan fingerprint density at radius 1 is 1.26 bits per heavy atom. The fourth-order valence-electron chi connectivity index (χ4n) is 3.26. The summed E-state index contributed by atoms with van der Waals surface area (Å²) in [6.07, 6.45) is 0. The standard InChI is InChI=1S/C18H22FN3O/c1-12-10-17(18(23)21-9-8-20-11-13(21)2)14(3)22(12)16-6-4-15(19)5-7-16/h4-7,10,13,20H,8-9,11H2,1-3H3. The molecule has 23 heavy (non-hydrogen) atoms. The van der Waals surface area contributed by atoms with Crippen molar-refractivity contribution in [3.05, 3.63) is 53.1 Å². The summed E-state index contributed by atoms with van der Waals surface area (Å²) < 4.78 is 15.1. The molecule has 5 heteroatoms. The molecule has 1 aromatic heterocycles. The molecule has 2 heterocycles. The van der Waals surface area contributed by atoms with Gasteiger partial charge in [0.05, 0.1) is 5.56 Å². The quantitative estimate of drug-likeness (QED) is 0.925. The van der Waals surface area contributed by atoms with Crippen molar-refractivity contribution in [2.45, 2.75) is 26.8 Å². The van der Waals surface area contributed by atoms with Crippen molar-refractivity contribution in [2.75, 3.05) is 19.6 Å². The summed E-state index contributed by atoms with van der Waals surface area (Å²) in [6, 6.07) is 8.46. The first-order valence-electron chi connectivity index (χ1n) is 7.95. The highest BCUT2D eigenvalue weighted by Crippen LogP contribution is 2.23. The van der Waals surface area contributed by atoms with Crippen molar-refractivity contribution in [3.63, 3.8) is 0 Å². The molecule has 1 fully saturated rings. The molecule has 1 N–H and O–H groups in total. The van der Waals surface area contributed by atoms with E-state index in [2.05, 4.69) is 12.2 Å². The average Bonchev–Trinajstić information content (AvgIpc) is 2.83. The van der Waals surface area contributed by atoms with E-state index in [1.54, 1.807) is 12.1 Å². The van der Waals surface area contributed by atoms with Crippen LogP contribution in [-0.4, -0.2) is 41.1 Å². The predicted molar refractivity (Wildman–Crippen MR) is 88.6 cm³/mol. The van der Waals surface area contributed by atoms with Crippen molar-refractivity contribution in [3.8, 4) is 5.69 Å². The second kappa shape index (κ2) is 6.16. The number of hydrogen-bond acceptors (Lipinski definition) is 2. The molecule has 0 radical (unpaired) electrons. The van der Waals surface area contributed by atoms with Crippen LogP contribution in [0.3, 0.4) is 0 Å². The van der Waals surface area contributed by atoms with Gasteiger partial charge < -0.3 is 14.8 Å². The van der Waals surface area contributed by atoms with Gasteiger partial charge in [-0.25, -0.2) is 4.39 Å². The van der Waals surface area contributed by atoms with Crippen LogP contribution >= 0.6 is 0 Å². The topological polar surface area (TPSA) is 37.3 Å². The number of aromatic nitrogens is 1. The summed E-state index contributed by atoms with van der Waals surface area (Å²) in [5, 5.41) is 3.30. The van der Waals surface area contributed by atoms with Gasteiger partial charge in [-0.15, -0.1) is 0 Å². The van der Waals surface area contributed by atoms with E-state index < -0.39 is 0 Å². The van der Waals surface area contributed by atoms with Gasteiger partial charge in [0.2, 0.25) is 0 Å². The third-order valence-corrected chi connectivity index (χ3v) is 4.51. The fourth-order valence-corrected chi connectivity index (χ4v) is 3.26. The Hall–Kier alpha value is -2.14. The molecule has 1 aliphatic heterocycles. The molecule has 0 bridgehead atoms. The van der Waals surface area contributed by atoms with E-state index in [4.69, 9.17) is 0 Å². The van der Waals surface area contributed by atoms with Crippen LogP contribution in [0.25, 0.3) is 5.69 Å². The summed E-state index contributed by atoms with van der Waals surface area (Å²) in [5.74, 6) is -0.192. The van der Waals surface area contributed by atoms with Gasteiger partial charge in [0.15, 0.2) is 0 Å². The van der Waals surface area contributed by atoms with Crippen LogP contribution in [0.15, 0.2) is 30.3 Å². The minimum atomic E-state index is -0.262. The summed E-state index contributed by atoms with van der Waals surface area (Å²) >= 11 is 0. The van der Waals surface area contributed by atoms with Crippen LogP contribution < -0.4 is 5.32 Å². The second-order valence-electron chi connectivity index (χ2n) is 6.15. The van der Waals surface area contributed by atoms with Gasteiger partial charge in [0.1, 0.15) is 5.82 Å². The van der Waals surface area contributed by atoms with Crippen molar-refractivity contribution >= 4 is 5.91 Å². The maximum absolute atomic E-state index is 13.1. The minimum absolute atomic E-state index is 0.0699. The Bertz CT molecular complexity index is 721. The molecule has 0 spiro atoms. The number of piperazine rings is 1. The lowest BCUT2D eigenvalue weighted by Crippen LogP contribution is -2.52. The molecule has 122 valence electrons. The first kappa shape index (κ1) is 15.7. The molecule has 4 nitrogen and oxygen atoms in total. The highest BCUT2D eigenvalue weighted by Gasteiger charge is 2.27. The fraction of sp³-hybridized carbons (Fsp3) is 0.389. The van der Waals surface area contributed by atoms with Gasteiger partial charge >= 0.3 is 0 Å². The van der Waals surface area contributed by atoms with Crippen LogP contribution in [0, 0.1) is 19.7 Å². The molecular formula is C18H22FN3O. The highest BCUT2D eigenvalue weighted by atomic mass is 19.1. The van der Waals surface area contributed by atoms with E-state index in [9.17, 15) is 9.18 Å². The van der Waals surface area contributed by atoms with Crippen molar-refractivity contribution in [1.29, 1.82) is 0 Å². The first-order valence-corrected chi connectivity index (χ1v) is 7.95. The third-order valence-electron chi connectivity index (χ3n) is 4.51. The minimum Gasteiger partial charge on any atom is -0.333 e. The Kier molecular flexibility index (Phi) is 4.22. The smallest absolute Gasteiger partial charge is 0.256 e. The third kappa shape index (κ3) is 2.88. The lowest BCUT2D eigenvalue weighted by atomic mass is 10.1. The molecule has 1 aromatic carbocycles. The predicted octanol–water partition coefficient (Wildman–Crippen LogP) is 2.67. The van der Waals surface area contributed by atoms with Gasteiger partial charge in [-0.05, 0) is 51.1 Å². The number of carbonyl (C=O) groups excluding carboxylic acids is 1. The Morgan fingerprint density at radius 2 is 1.96 bits per heavy atom. The molecule has 1 saturated heterocycles. The van der Waals surface area contributed by atoms with Crippen LogP contribution in [-0.2, 0) is 0 Å². The molecule has 1 atom stereocenters.